The number of nitrogens with zero attached hydrogens (tertiary/aromatic N) is 2. The molecule has 40 heavy (non-hydrogen) atoms. The number of nitrogens with two attached hydrogens (primary N) is 1. The number of ether oxygens (including phenoxy) is 1. The molecule has 0 amide bonds. The van der Waals surface area contributed by atoms with Crippen LogP contribution in [0.3, 0.4) is 0 Å². The van der Waals surface area contributed by atoms with Crippen molar-refractivity contribution in [3.8, 4) is 5.75 Å². The van der Waals surface area contributed by atoms with E-state index in [9.17, 15) is 21.6 Å². The van der Waals surface area contributed by atoms with E-state index in [1.165, 1.54) is 36.4 Å². The molecule has 2 fully saturated rings. The molecule has 2 saturated heterocycles. The number of anilines is 1. The molecule has 2 aliphatic rings. The number of alkyl halides is 3. The van der Waals surface area contributed by atoms with E-state index in [1.54, 1.807) is 0 Å². The van der Waals surface area contributed by atoms with E-state index in [1.807, 2.05) is 36.4 Å². The summed E-state index contributed by atoms with van der Waals surface area (Å²) in [6, 6.07) is 24.3. The second-order valence-electron chi connectivity index (χ2n) is 10.6. The van der Waals surface area contributed by atoms with Gasteiger partial charge in [0, 0.05) is 37.2 Å². The van der Waals surface area contributed by atoms with E-state index >= 15 is 0 Å². The van der Waals surface area contributed by atoms with Gasteiger partial charge in [0.15, 0.2) is 0 Å². The van der Waals surface area contributed by atoms with Crippen molar-refractivity contribution in [2.75, 3.05) is 31.6 Å². The molecule has 0 spiro atoms. The molecule has 214 valence electrons. The summed E-state index contributed by atoms with van der Waals surface area (Å²) >= 11 is 0. The molecule has 2 heterocycles. The second-order valence-corrected chi connectivity index (χ2v) is 12.6. The predicted molar refractivity (Wildman–Crippen MR) is 150 cm³/mol. The molecular weight excluding hydrogens is 539 g/mol. The smallest absolute Gasteiger partial charge is 0.496 e. The van der Waals surface area contributed by atoms with Crippen LogP contribution < -0.4 is 14.8 Å². The highest BCUT2D eigenvalue weighted by Crippen LogP contribution is 2.50. The Morgan fingerprint density at radius 3 is 2.15 bits per heavy atom. The third-order valence-corrected chi connectivity index (χ3v) is 10.0. The summed E-state index contributed by atoms with van der Waals surface area (Å²) in [6.07, 6.45) is 2.02. The van der Waals surface area contributed by atoms with Gasteiger partial charge < -0.3 is 10.5 Å². The molecule has 10 heteroatoms. The lowest BCUT2D eigenvalue weighted by Gasteiger charge is -2.38. The Morgan fingerprint density at radius 1 is 1.00 bits per heavy atom. The highest BCUT2D eigenvalue weighted by atomic mass is 32.2. The number of hydrogen-bond donors (Lipinski definition) is 1. The third kappa shape index (κ3) is 5.08. The number of piperidine rings is 1. The van der Waals surface area contributed by atoms with Crippen molar-refractivity contribution in [2.24, 2.45) is 17.6 Å². The quantitative estimate of drug-likeness (QED) is 0.384. The van der Waals surface area contributed by atoms with Crippen molar-refractivity contribution in [2.45, 2.75) is 36.4 Å². The van der Waals surface area contributed by atoms with E-state index in [2.05, 4.69) is 29.2 Å². The Hall–Kier alpha value is -3.08. The van der Waals surface area contributed by atoms with Crippen molar-refractivity contribution in [3.05, 3.63) is 95.6 Å². The largest absolute Gasteiger partial charge is 0.516 e. The summed E-state index contributed by atoms with van der Waals surface area (Å²) in [6.45, 7) is 1.81. The molecular formula is C30H34F3N3O3S. The van der Waals surface area contributed by atoms with E-state index < -0.39 is 21.6 Å². The number of hydrogen-bond acceptors (Lipinski definition) is 5. The normalized spacial score (nSPS) is 23.7. The average Bonchev–Trinajstić information content (AvgIpc) is 3.21. The zero-order chi connectivity index (χ0) is 28.7. The molecule has 2 aliphatic heterocycles. The van der Waals surface area contributed by atoms with E-state index in [0.717, 1.165) is 33.0 Å². The molecule has 0 saturated carbocycles. The van der Waals surface area contributed by atoms with Crippen LogP contribution in [-0.4, -0.2) is 52.1 Å². The number of rotatable bonds is 8. The van der Waals surface area contributed by atoms with E-state index in [4.69, 9.17) is 10.5 Å². The number of benzene rings is 3. The van der Waals surface area contributed by atoms with Gasteiger partial charge >= 0.3 is 15.5 Å². The minimum atomic E-state index is -5.58. The van der Waals surface area contributed by atoms with Gasteiger partial charge in [0.2, 0.25) is 0 Å². The summed E-state index contributed by atoms with van der Waals surface area (Å²) in [7, 11) is -3.20. The van der Waals surface area contributed by atoms with Crippen LogP contribution in [0.2, 0.25) is 0 Å². The average molecular weight is 574 g/mol. The number of sulfonamides is 1. The second kappa shape index (κ2) is 11.1. The van der Waals surface area contributed by atoms with Crippen LogP contribution in [0.4, 0.5) is 18.9 Å². The first-order valence-corrected chi connectivity index (χ1v) is 14.8. The number of fused-ring (bicyclic) bond motifs is 2. The van der Waals surface area contributed by atoms with Crippen molar-refractivity contribution >= 4 is 15.7 Å². The summed E-state index contributed by atoms with van der Waals surface area (Å²) in [5.74, 6) is 0.652. The Balaban J connectivity index is 1.61. The first kappa shape index (κ1) is 28.4. The fraction of sp³-hybridized carbons (Fsp3) is 0.400. The maximum Gasteiger partial charge on any atom is 0.516 e. The molecule has 0 aliphatic carbocycles. The van der Waals surface area contributed by atoms with Crippen LogP contribution in [0.25, 0.3) is 0 Å². The minimum absolute atomic E-state index is 0.0176. The summed E-state index contributed by atoms with van der Waals surface area (Å²) in [5, 5.41) is 0. The van der Waals surface area contributed by atoms with Gasteiger partial charge in [0.1, 0.15) is 5.75 Å². The van der Waals surface area contributed by atoms with Crippen molar-refractivity contribution in [1.82, 2.24) is 4.90 Å². The van der Waals surface area contributed by atoms with Crippen LogP contribution in [-0.2, 0) is 10.0 Å². The molecule has 2 bridgehead atoms. The monoisotopic (exact) mass is 573 g/mol. The third-order valence-electron chi connectivity index (χ3n) is 8.51. The maximum atomic E-state index is 13.3. The molecule has 5 unspecified atom stereocenters. The lowest BCUT2D eigenvalue weighted by atomic mass is 9.72. The number of halogens is 3. The first-order chi connectivity index (χ1) is 19.0. The Labute approximate surface area is 233 Å². The van der Waals surface area contributed by atoms with Gasteiger partial charge in [-0.25, -0.2) is 0 Å². The molecule has 3 aromatic carbocycles. The fourth-order valence-corrected chi connectivity index (χ4v) is 7.37. The zero-order valence-electron chi connectivity index (χ0n) is 22.5. The SMILES string of the molecule is COc1ccc(N(C)S(=O)(=O)C(F)(F)F)cc1C(N)C1C2CCCN(C2)C1C(c1ccccc1)c1ccccc1. The van der Waals surface area contributed by atoms with Crippen LogP contribution in [0.5, 0.6) is 5.75 Å². The van der Waals surface area contributed by atoms with Crippen molar-refractivity contribution < 1.29 is 26.3 Å². The van der Waals surface area contributed by atoms with Gasteiger partial charge in [-0.2, -0.15) is 21.6 Å². The lowest BCUT2D eigenvalue weighted by molar-refractivity contribution is -0.0437. The van der Waals surface area contributed by atoms with Gasteiger partial charge in [-0.1, -0.05) is 60.7 Å². The van der Waals surface area contributed by atoms with Gasteiger partial charge in [-0.05, 0) is 60.5 Å². The molecule has 2 N–H and O–H groups in total. The van der Waals surface area contributed by atoms with Gasteiger partial charge in [-0.15, -0.1) is 0 Å². The molecule has 5 rings (SSSR count). The highest BCUT2D eigenvalue weighted by molar-refractivity contribution is 7.93. The predicted octanol–water partition coefficient (Wildman–Crippen LogP) is 5.52. The van der Waals surface area contributed by atoms with Gasteiger partial charge in [-0.3, -0.25) is 9.21 Å². The van der Waals surface area contributed by atoms with Crippen molar-refractivity contribution in [1.29, 1.82) is 0 Å². The van der Waals surface area contributed by atoms with E-state index in [-0.39, 0.29) is 33.8 Å². The molecule has 5 atom stereocenters. The van der Waals surface area contributed by atoms with Crippen LogP contribution in [0.1, 0.15) is 41.5 Å². The topological polar surface area (TPSA) is 75.9 Å². The standard InChI is InChI=1S/C30H34F3N3O3S/c1-35(40(37,38)30(31,32)33)23-15-16-25(39-2)24(18-23)28(34)27-22-14-9-17-36(19-22)29(27)26(20-10-5-3-6-11-20)21-12-7-4-8-13-21/h3-8,10-13,15-16,18,22,26-29H,9,14,17,19,34H2,1-2H3. The van der Waals surface area contributed by atoms with E-state index in [0.29, 0.717) is 11.3 Å². The minimum Gasteiger partial charge on any atom is -0.496 e. The van der Waals surface area contributed by atoms with Gasteiger partial charge in [0.25, 0.3) is 0 Å². The maximum absolute atomic E-state index is 13.3. The molecule has 3 aromatic rings. The zero-order valence-corrected chi connectivity index (χ0v) is 23.3. The highest BCUT2D eigenvalue weighted by Gasteiger charge is 2.51. The summed E-state index contributed by atoms with van der Waals surface area (Å²) < 4.78 is 70.3. The fourth-order valence-electron chi connectivity index (χ4n) is 6.67. The Kier molecular flexibility index (Phi) is 7.87. The Bertz CT molecular complexity index is 1380. The van der Waals surface area contributed by atoms with Crippen molar-refractivity contribution in [3.63, 3.8) is 0 Å². The Morgan fingerprint density at radius 2 is 1.60 bits per heavy atom. The first-order valence-electron chi connectivity index (χ1n) is 13.4. The van der Waals surface area contributed by atoms with Crippen LogP contribution in [0, 0.1) is 11.8 Å². The molecule has 6 nitrogen and oxygen atoms in total. The summed E-state index contributed by atoms with van der Waals surface area (Å²) in [4.78, 5) is 2.50. The van der Waals surface area contributed by atoms with Crippen LogP contribution in [0.15, 0.2) is 78.9 Å². The summed E-state index contributed by atoms with van der Waals surface area (Å²) in [5.41, 5.74) is 4.36. The lowest BCUT2D eigenvalue weighted by Crippen LogP contribution is -2.42. The molecule has 0 aromatic heterocycles. The van der Waals surface area contributed by atoms with Crippen LogP contribution >= 0.6 is 0 Å². The number of methoxy groups -OCH3 is 1. The molecule has 0 radical (unpaired) electrons. The van der Waals surface area contributed by atoms with Gasteiger partial charge in [0.05, 0.1) is 12.8 Å².